The van der Waals surface area contributed by atoms with Crippen LogP contribution in [-0.2, 0) is 5.75 Å². The monoisotopic (exact) mass is 374 g/mol. The van der Waals surface area contributed by atoms with Gasteiger partial charge in [0.15, 0.2) is 0 Å². The lowest BCUT2D eigenvalue weighted by Gasteiger charge is -2.03. The number of rotatable bonds is 8. The molecule has 0 unspecified atom stereocenters. The van der Waals surface area contributed by atoms with Gasteiger partial charge in [0.05, 0.1) is 19.1 Å². The van der Waals surface area contributed by atoms with Crippen molar-refractivity contribution in [3.05, 3.63) is 59.5 Å². The molecule has 25 heavy (non-hydrogen) atoms. The predicted molar refractivity (Wildman–Crippen MR) is 101 cm³/mol. The van der Waals surface area contributed by atoms with Crippen LogP contribution in [0.2, 0.25) is 0 Å². The maximum absolute atomic E-state index is 12.2. The number of nitrogens with one attached hydrogen (secondary N) is 1. The third kappa shape index (κ3) is 4.87. The number of ether oxygens (including phenoxy) is 1. The lowest BCUT2D eigenvalue weighted by Crippen LogP contribution is -2.26. The number of thiazole rings is 1. The average Bonchev–Trinajstić information content (AvgIpc) is 3.33. The molecule has 0 atom stereocenters. The molecule has 130 valence electrons. The fraction of sp³-hybridized carbons (Fsp3) is 0.222. The number of carbonyl (C=O) groups is 1. The summed E-state index contributed by atoms with van der Waals surface area (Å²) in [7, 11) is 1.63. The largest absolute Gasteiger partial charge is 0.497 e. The zero-order valence-electron chi connectivity index (χ0n) is 13.7. The first kappa shape index (κ1) is 17.6. The maximum atomic E-state index is 12.2. The summed E-state index contributed by atoms with van der Waals surface area (Å²) in [5, 5.41) is 5.50. The van der Waals surface area contributed by atoms with Crippen LogP contribution in [0.3, 0.4) is 0 Å². The van der Waals surface area contributed by atoms with Crippen LogP contribution in [0, 0.1) is 0 Å². The number of nitrogens with zero attached hydrogens (tertiary/aromatic N) is 1. The summed E-state index contributed by atoms with van der Waals surface area (Å²) in [5.74, 6) is 3.23. The van der Waals surface area contributed by atoms with Gasteiger partial charge in [0.25, 0.3) is 5.91 Å². The van der Waals surface area contributed by atoms with Crippen molar-refractivity contribution < 1.29 is 13.9 Å². The highest BCUT2D eigenvalue weighted by atomic mass is 32.2. The summed E-state index contributed by atoms with van der Waals surface area (Å²) in [6.45, 7) is 0.597. The van der Waals surface area contributed by atoms with Crippen LogP contribution in [0.1, 0.15) is 16.2 Å². The second-order valence-electron chi connectivity index (χ2n) is 5.15. The number of methoxy groups -OCH3 is 1. The van der Waals surface area contributed by atoms with Crippen molar-refractivity contribution >= 4 is 29.0 Å². The van der Waals surface area contributed by atoms with Crippen LogP contribution >= 0.6 is 23.1 Å². The van der Waals surface area contributed by atoms with Gasteiger partial charge in [-0.05, 0) is 36.4 Å². The Bertz CT molecular complexity index is 798. The SMILES string of the molecule is COc1ccc(-c2nc(C(=O)NCCSCc3ccco3)cs2)cc1. The second-order valence-corrected chi connectivity index (χ2v) is 7.12. The van der Waals surface area contributed by atoms with E-state index in [1.807, 2.05) is 36.4 Å². The van der Waals surface area contributed by atoms with E-state index in [9.17, 15) is 4.79 Å². The molecule has 2 aromatic heterocycles. The molecule has 0 aliphatic heterocycles. The van der Waals surface area contributed by atoms with E-state index in [0.717, 1.165) is 33.6 Å². The zero-order chi connectivity index (χ0) is 17.5. The fourth-order valence-electron chi connectivity index (χ4n) is 2.14. The zero-order valence-corrected chi connectivity index (χ0v) is 15.4. The first-order valence-corrected chi connectivity index (χ1v) is 9.78. The number of amides is 1. The molecule has 0 bridgehead atoms. The molecule has 1 N–H and O–H groups in total. The smallest absolute Gasteiger partial charge is 0.270 e. The normalized spacial score (nSPS) is 10.6. The van der Waals surface area contributed by atoms with Crippen molar-refractivity contribution in [3.63, 3.8) is 0 Å². The molecular formula is C18H18N2O3S2. The molecule has 7 heteroatoms. The number of aromatic nitrogens is 1. The van der Waals surface area contributed by atoms with E-state index in [0.29, 0.717) is 12.2 Å². The predicted octanol–water partition coefficient (Wildman–Crippen LogP) is 4.07. The van der Waals surface area contributed by atoms with Crippen molar-refractivity contribution in [1.29, 1.82) is 0 Å². The van der Waals surface area contributed by atoms with Gasteiger partial charge in [0, 0.05) is 23.2 Å². The van der Waals surface area contributed by atoms with E-state index >= 15 is 0 Å². The molecule has 0 saturated heterocycles. The molecule has 5 nitrogen and oxygen atoms in total. The summed E-state index contributed by atoms with van der Waals surface area (Å²) < 4.78 is 10.4. The lowest BCUT2D eigenvalue weighted by atomic mass is 10.2. The molecule has 1 aromatic carbocycles. The van der Waals surface area contributed by atoms with Crippen molar-refractivity contribution in [3.8, 4) is 16.3 Å². The van der Waals surface area contributed by atoms with Crippen LogP contribution in [0.4, 0.5) is 0 Å². The third-order valence-electron chi connectivity index (χ3n) is 3.43. The molecule has 3 rings (SSSR count). The highest BCUT2D eigenvalue weighted by molar-refractivity contribution is 7.98. The Labute approximate surface area is 154 Å². The number of hydrogen-bond donors (Lipinski definition) is 1. The standard InChI is InChI=1S/C18H18N2O3S2/c1-22-14-6-4-13(5-7-14)18-20-16(12-25-18)17(21)19-8-10-24-11-15-3-2-9-23-15/h2-7,9,12H,8,10-11H2,1H3,(H,19,21). The number of furan rings is 1. The van der Waals surface area contributed by atoms with E-state index in [4.69, 9.17) is 9.15 Å². The molecule has 0 radical (unpaired) electrons. The van der Waals surface area contributed by atoms with Gasteiger partial charge in [-0.2, -0.15) is 11.8 Å². The van der Waals surface area contributed by atoms with Gasteiger partial charge < -0.3 is 14.5 Å². The van der Waals surface area contributed by atoms with E-state index in [2.05, 4.69) is 10.3 Å². The molecule has 0 fully saturated rings. The van der Waals surface area contributed by atoms with Crippen LogP contribution in [0.5, 0.6) is 5.75 Å². The van der Waals surface area contributed by atoms with Crippen molar-refractivity contribution in [2.24, 2.45) is 0 Å². The summed E-state index contributed by atoms with van der Waals surface area (Å²) in [6.07, 6.45) is 1.67. The molecule has 0 saturated carbocycles. The summed E-state index contributed by atoms with van der Waals surface area (Å²) in [4.78, 5) is 16.6. The van der Waals surface area contributed by atoms with Gasteiger partial charge in [0.1, 0.15) is 22.2 Å². The molecule has 0 aliphatic rings. The fourth-order valence-corrected chi connectivity index (χ4v) is 3.70. The number of thioether (sulfide) groups is 1. The highest BCUT2D eigenvalue weighted by Gasteiger charge is 2.11. The number of hydrogen-bond acceptors (Lipinski definition) is 6. The van der Waals surface area contributed by atoms with Crippen LogP contribution in [0.25, 0.3) is 10.6 Å². The third-order valence-corrected chi connectivity index (χ3v) is 5.30. The van der Waals surface area contributed by atoms with Gasteiger partial charge in [-0.25, -0.2) is 4.98 Å². The minimum absolute atomic E-state index is 0.144. The molecule has 0 spiro atoms. The van der Waals surface area contributed by atoms with Gasteiger partial charge in [0.2, 0.25) is 0 Å². The van der Waals surface area contributed by atoms with Gasteiger partial charge >= 0.3 is 0 Å². The van der Waals surface area contributed by atoms with Gasteiger partial charge in [-0.1, -0.05) is 0 Å². The first-order valence-electron chi connectivity index (χ1n) is 7.74. The second kappa shape index (κ2) is 8.73. The molecule has 1 amide bonds. The highest BCUT2D eigenvalue weighted by Crippen LogP contribution is 2.25. The molecule has 2 heterocycles. The maximum Gasteiger partial charge on any atom is 0.270 e. The minimum Gasteiger partial charge on any atom is -0.497 e. The Hall–Kier alpha value is -2.25. The average molecular weight is 374 g/mol. The molecular weight excluding hydrogens is 356 g/mol. The Balaban J connectivity index is 1.46. The minimum atomic E-state index is -0.144. The Kier molecular flexibility index (Phi) is 6.14. The summed E-state index contributed by atoms with van der Waals surface area (Å²) in [6, 6.07) is 11.5. The first-order chi connectivity index (χ1) is 12.3. The van der Waals surface area contributed by atoms with Gasteiger partial charge in [-0.15, -0.1) is 11.3 Å². The molecule has 3 aromatic rings. The number of benzene rings is 1. The lowest BCUT2D eigenvalue weighted by molar-refractivity contribution is 0.0952. The molecule has 0 aliphatic carbocycles. The number of carbonyl (C=O) groups excluding carboxylic acids is 1. The Morgan fingerprint density at radius 3 is 2.88 bits per heavy atom. The quantitative estimate of drug-likeness (QED) is 0.602. The van der Waals surface area contributed by atoms with E-state index in [1.54, 1.807) is 30.5 Å². The van der Waals surface area contributed by atoms with Crippen LogP contribution in [-0.4, -0.2) is 30.3 Å². The van der Waals surface area contributed by atoms with Crippen LogP contribution in [0.15, 0.2) is 52.5 Å². The van der Waals surface area contributed by atoms with Crippen molar-refractivity contribution in [2.45, 2.75) is 5.75 Å². The summed E-state index contributed by atoms with van der Waals surface area (Å²) in [5.41, 5.74) is 1.42. The van der Waals surface area contributed by atoms with Gasteiger partial charge in [-0.3, -0.25) is 4.79 Å². The Morgan fingerprint density at radius 2 is 2.16 bits per heavy atom. The van der Waals surface area contributed by atoms with E-state index in [1.165, 1.54) is 11.3 Å². The summed E-state index contributed by atoms with van der Waals surface area (Å²) >= 11 is 3.17. The van der Waals surface area contributed by atoms with Crippen molar-refractivity contribution in [1.82, 2.24) is 10.3 Å². The van der Waals surface area contributed by atoms with Crippen LogP contribution < -0.4 is 10.1 Å². The van der Waals surface area contributed by atoms with E-state index < -0.39 is 0 Å². The van der Waals surface area contributed by atoms with Crippen molar-refractivity contribution in [2.75, 3.05) is 19.4 Å². The topological polar surface area (TPSA) is 64.4 Å². The van der Waals surface area contributed by atoms with E-state index in [-0.39, 0.29) is 5.91 Å². The Morgan fingerprint density at radius 1 is 1.32 bits per heavy atom.